The van der Waals surface area contributed by atoms with Gasteiger partial charge in [-0.2, -0.15) is 0 Å². The van der Waals surface area contributed by atoms with Crippen LogP contribution >= 0.6 is 22.9 Å². The molecular weight excluding hydrogens is 460 g/mol. The molecule has 1 unspecified atom stereocenters. The first-order valence-electron chi connectivity index (χ1n) is 10.6. The summed E-state index contributed by atoms with van der Waals surface area (Å²) in [4.78, 5) is 27.6. The molecule has 0 aliphatic heterocycles. The van der Waals surface area contributed by atoms with Gasteiger partial charge in [0, 0.05) is 21.5 Å². The van der Waals surface area contributed by atoms with Crippen LogP contribution in [-0.4, -0.2) is 26.0 Å². The van der Waals surface area contributed by atoms with Crippen LogP contribution < -0.4 is 20.1 Å². The molecule has 2 N–H and O–H groups in total. The largest absolute Gasteiger partial charge is 0.497 e. The number of carbonyl (C=O) groups is 2. The second kappa shape index (κ2) is 9.85. The summed E-state index contributed by atoms with van der Waals surface area (Å²) in [5.41, 5.74) is 2.49. The summed E-state index contributed by atoms with van der Waals surface area (Å²) in [6, 6.07) is 11.9. The van der Waals surface area contributed by atoms with Gasteiger partial charge in [0.05, 0.1) is 25.5 Å². The summed E-state index contributed by atoms with van der Waals surface area (Å²) < 4.78 is 10.7. The fourth-order valence-corrected chi connectivity index (χ4v) is 5.48. The summed E-state index contributed by atoms with van der Waals surface area (Å²) in [5.74, 6) is 1.08. The van der Waals surface area contributed by atoms with Crippen LogP contribution in [0.5, 0.6) is 11.5 Å². The van der Waals surface area contributed by atoms with Gasteiger partial charge < -0.3 is 20.1 Å². The Morgan fingerprint density at radius 2 is 1.79 bits per heavy atom. The average Bonchev–Trinajstić information content (AvgIpc) is 3.16. The van der Waals surface area contributed by atoms with Crippen LogP contribution in [0.4, 0.5) is 10.7 Å². The molecule has 172 valence electrons. The quantitative estimate of drug-likeness (QED) is 0.446. The van der Waals surface area contributed by atoms with Gasteiger partial charge in [0.2, 0.25) is 0 Å². The molecule has 2 aromatic carbocycles. The Bertz CT molecular complexity index is 1190. The van der Waals surface area contributed by atoms with Gasteiger partial charge in [0.1, 0.15) is 16.5 Å². The minimum atomic E-state index is -0.292. The van der Waals surface area contributed by atoms with Gasteiger partial charge >= 0.3 is 0 Å². The van der Waals surface area contributed by atoms with Gasteiger partial charge in [-0.25, -0.2) is 0 Å². The molecule has 0 spiro atoms. The third-order valence-electron chi connectivity index (χ3n) is 5.73. The molecule has 6 nitrogen and oxygen atoms in total. The standard InChI is InChI=1S/C25H25ClN2O4S/c1-14-4-10-18-21(12-14)33-25(28-23(29)15-5-7-16(26)8-6-15)22(18)24(30)27-19-13-17(31-2)9-11-20(19)32-3/h5-9,11,13-14H,4,10,12H2,1-3H3,(H,27,30)(H,28,29). The maximum absolute atomic E-state index is 13.5. The van der Waals surface area contributed by atoms with Gasteiger partial charge in [0.25, 0.3) is 11.8 Å². The topological polar surface area (TPSA) is 76.7 Å². The van der Waals surface area contributed by atoms with E-state index < -0.39 is 0 Å². The van der Waals surface area contributed by atoms with Crippen molar-refractivity contribution in [3.8, 4) is 11.5 Å². The lowest BCUT2D eigenvalue weighted by molar-refractivity contribution is 0.102. The minimum Gasteiger partial charge on any atom is -0.497 e. The highest BCUT2D eigenvalue weighted by Gasteiger charge is 2.29. The van der Waals surface area contributed by atoms with E-state index in [0.717, 1.165) is 29.7 Å². The Morgan fingerprint density at radius 1 is 1.03 bits per heavy atom. The first-order chi connectivity index (χ1) is 15.9. The summed E-state index contributed by atoms with van der Waals surface area (Å²) in [6.07, 6.45) is 2.68. The zero-order valence-corrected chi connectivity index (χ0v) is 20.2. The second-order valence-corrected chi connectivity index (χ2v) is 9.58. The van der Waals surface area contributed by atoms with Gasteiger partial charge in [0.15, 0.2) is 0 Å². The molecule has 0 saturated carbocycles. The molecule has 1 atom stereocenters. The molecular formula is C25H25ClN2O4S. The Morgan fingerprint density at radius 3 is 2.48 bits per heavy atom. The van der Waals surface area contributed by atoms with E-state index in [1.807, 2.05) is 0 Å². The van der Waals surface area contributed by atoms with E-state index in [4.69, 9.17) is 21.1 Å². The zero-order chi connectivity index (χ0) is 23.5. The van der Waals surface area contributed by atoms with Crippen molar-refractivity contribution in [2.45, 2.75) is 26.2 Å². The maximum Gasteiger partial charge on any atom is 0.259 e. The van der Waals surface area contributed by atoms with Crippen LogP contribution in [0.15, 0.2) is 42.5 Å². The number of benzene rings is 2. The molecule has 1 heterocycles. The van der Waals surface area contributed by atoms with Crippen LogP contribution in [-0.2, 0) is 12.8 Å². The van der Waals surface area contributed by atoms with Crippen molar-refractivity contribution >= 4 is 45.4 Å². The van der Waals surface area contributed by atoms with Crippen molar-refractivity contribution in [2.24, 2.45) is 5.92 Å². The summed E-state index contributed by atoms with van der Waals surface area (Å²) in [5, 5.41) is 7.02. The van der Waals surface area contributed by atoms with Gasteiger partial charge in [-0.3, -0.25) is 9.59 Å². The number of nitrogens with one attached hydrogen (secondary N) is 2. The molecule has 0 radical (unpaired) electrons. The fraction of sp³-hybridized carbons (Fsp3) is 0.280. The number of amides is 2. The van der Waals surface area contributed by atoms with Crippen molar-refractivity contribution < 1.29 is 19.1 Å². The van der Waals surface area contributed by atoms with Crippen LogP contribution in [0.3, 0.4) is 0 Å². The molecule has 4 rings (SSSR count). The molecule has 3 aromatic rings. The Hall–Kier alpha value is -3.03. The molecule has 1 aliphatic carbocycles. The van der Waals surface area contributed by atoms with Crippen LogP contribution in [0, 0.1) is 5.92 Å². The van der Waals surface area contributed by atoms with Crippen molar-refractivity contribution in [1.82, 2.24) is 0 Å². The first-order valence-corrected chi connectivity index (χ1v) is 11.8. The lowest BCUT2D eigenvalue weighted by Gasteiger charge is -2.19. The lowest BCUT2D eigenvalue weighted by atomic mass is 9.88. The Kier molecular flexibility index (Phi) is 6.91. The predicted molar refractivity (Wildman–Crippen MR) is 132 cm³/mol. The molecule has 0 saturated heterocycles. The number of thiophene rings is 1. The van der Waals surface area contributed by atoms with E-state index >= 15 is 0 Å². The molecule has 8 heteroatoms. The van der Waals surface area contributed by atoms with Crippen molar-refractivity contribution in [2.75, 3.05) is 24.9 Å². The number of fused-ring (bicyclic) bond motifs is 1. The second-order valence-electron chi connectivity index (χ2n) is 8.04. The van der Waals surface area contributed by atoms with Crippen LogP contribution in [0.25, 0.3) is 0 Å². The summed E-state index contributed by atoms with van der Waals surface area (Å²) in [6.45, 7) is 2.20. The van der Waals surface area contributed by atoms with Crippen molar-refractivity contribution in [3.05, 3.63) is 69.1 Å². The van der Waals surface area contributed by atoms with E-state index in [0.29, 0.717) is 44.3 Å². The number of ether oxygens (including phenoxy) is 2. The minimum absolute atomic E-state index is 0.286. The first kappa shape index (κ1) is 23.1. The van der Waals surface area contributed by atoms with E-state index in [-0.39, 0.29) is 11.8 Å². The normalized spacial score (nSPS) is 14.8. The SMILES string of the molecule is COc1ccc(OC)c(NC(=O)c2c(NC(=O)c3ccc(Cl)cc3)sc3c2CCC(C)C3)c1. The van der Waals surface area contributed by atoms with Gasteiger partial charge in [-0.1, -0.05) is 18.5 Å². The van der Waals surface area contributed by atoms with Crippen molar-refractivity contribution in [1.29, 1.82) is 0 Å². The molecule has 33 heavy (non-hydrogen) atoms. The third kappa shape index (κ3) is 4.99. The molecule has 2 amide bonds. The number of hydrogen-bond donors (Lipinski definition) is 2. The molecule has 1 aliphatic rings. The Labute approximate surface area is 201 Å². The monoisotopic (exact) mass is 484 g/mol. The van der Waals surface area contributed by atoms with E-state index in [9.17, 15) is 9.59 Å². The van der Waals surface area contributed by atoms with Crippen LogP contribution in [0.2, 0.25) is 5.02 Å². The number of halogens is 1. The lowest BCUT2D eigenvalue weighted by Crippen LogP contribution is -2.19. The van der Waals surface area contributed by atoms with Gasteiger partial charge in [-0.15, -0.1) is 11.3 Å². The smallest absolute Gasteiger partial charge is 0.259 e. The zero-order valence-electron chi connectivity index (χ0n) is 18.7. The number of methoxy groups -OCH3 is 2. The predicted octanol–water partition coefficient (Wildman–Crippen LogP) is 6.05. The molecule has 0 fully saturated rings. The van der Waals surface area contributed by atoms with E-state index in [2.05, 4.69) is 17.6 Å². The number of carbonyl (C=O) groups excluding carboxylic acids is 2. The Balaban J connectivity index is 1.68. The van der Waals surface area contributed by atoms with Crippen molar-refractivity contribution in [3.63, 3.8) is 0 Å². The summed E-state index contributed by atoms with van der Waals surface area (Å²) in [7, 11) is 3.11. The van der Waals surface area contributed by atoms with E-state index in [1.165, 1.54) is 11.3 Å². The highest BCUT2D eigenvalue weighted by atomic mass is 35.5. The molecule has 1 aromatic heterocycles. The number of hydrogen-bond acceptors (Lipinski definition) is 5. The number of rotatable bonds is 6. The average molecular weight is 485 g/mol. The van der Waals surface area contributed by atoms with Gasteiger partial charge in [-0.05, 0) is 67.1 Å². The fourth-order valence-electron chi connectivity index (χ4n) is 3.95. The third-order valence-corrected chi connectivity index (χ3v) is 7.15. The van der Waals surface area contributed by atoms with E-state index in [1.54, 1.807) is 56.7 Å². The highest BCUT2D eigenvalue weighted by Crippen LogP contribution is 2.41. The molecule has 0 bridgehead atoms. The maximum atomic E-state index is 13.5. The summed E-state index contributed by atoms with van der Waals surface area (Å²) >= 11 is 7.42. The van der Waals surface area contributed by atoms with Crippen LogP contribution in [0.1, 0.15) is 44.5 Å². The highest BCUT2D eigenvalue weighted by molar-refractivity contribution is 7.17. The number of anilines is 2.